The first kappa shape index (κ1) is 19.8. The van der Waals surface area contributed by atoms with Gasteiger partial charge in [0.1, 0.15) is 0 Å². The van der Waals surface area contributed by atoms with Gasteiger partial charge in [-0.1, -0.05) is 0 Å². The van der Waals surface area contributed by atoms with Crippen molar-refractivity contribution in [3.8, 4) is 17.1 Å². The zero-order chi connectivity index (χ0) is 20.9. The highest BCUT2D eigenvalue weighted by Crippen LogP contribution is 2.32. The second kappa shape index (κ2) is 6.56. The van der Waals surface area contributed by atoms with Gasteiger partial charge in [0.15, 0.2) is 17.6 Å². The maximum atomic E-state index is 14.1. The summed E-state index contributed by atoms with van der Waals surface area (Å²) in [7, 11) is 0. The Hall–Kier alpha value is -2.99. The second-order valence-electron chi connectivity index (χ2n) is 5.72. The minimum absolute atomic E-state index is 0.0617. The van der Waals surface area contributed by atoms with Crippen LogP contribution < -0.4 is 4.74 Å². The van der Waals surface area contributed by atoms with Gasteiger partial charge < -0.3 is 4.74 Å². The van der Waals surface area contributed by atoms with Gasteiger partial charge in [-0.2, -0.15) is 26.3 Å². The fraction of sp³-hybridized carbons (Fsp3) is 0.333. The summed E-state index contributed by atoms with van der Waals surface area (Å²) in [6.07, 6.45) is -9.88. The quantitative estimate of drug-likeness (QED) is 0.613. The molecule has 150 valence electrons. The number of aromatic nitrogens is 5. The van der Waals surface area contributed by atoms with E-state index in [0.29, 0.717) is 11.3 Å². The third-order valence-corrected chi connectivity index (χ3v) is 3.76. The van der Waals surface area contributed by atoms with E-state index in [-0.39, 0.29) is 22.6 Å². The van der Waals surface area contributed by atoms with Crippen molar-refractivity contribution < 1.29 is 35.5 Å². The van der Waals surface area contributed by atoms with E-state index in [9.17, 15) is 30.7 Å². The van der Waals surface area contributed by atoms with Gasteiger partial charge in [0, 0.05) is 17.5 Å². The van der Waals surface area contributed by atoms with Gasteiger partial charge in [-0.15, -0.1) is 10.2 Å². The van der Waals surface area contributed by atoms with Crippen LogP contribution in [0.15, 0.2) is 18.5 Å². The zero-order valence-electron chi connectivity index (χ0n) is 14.1. The maximum absolute atomic E-state index is 14.1. The normalized spacial score (nSPS) is 13.8. The Balaban J connectivity index is 2.04. The van der Waals surface area contributed by atoms with Gasteiger partial charge in [-0.05, 0) is 19.9 Å². The molecule has 28 heavy (non-hydrogen) atoms. The summed E-state index contributed by atoms with van der Waals surface area (Å²) in [5, 5.41) is 6.46. The SMILES string of the molecule is Cc1c(-c2cnc(O[C@H](C)C(F)(F)F)c(F)c2)ncc2nnc(C(F)(F)F)n12. The van der Waals surface area contributed by atoms with Crippen LogP contribution in [-0.4, -0.2) is 36.8 Å². The number of hydrogen-bond donors (Lipinski definition) is 0. The molecule has 0 unspecified atom stereocenters. The van der Waals surface area contributed by atoms with Crippen molar-refractivity contribution in [2.75, 3.05) is 0 Å². The third kappa shape index (κ3) is 3.55. The average Bonchev–Trinajstić information content (AvgIpc) is 3.01. The molecule has 3 aromatic heterocycles. The molecule has 1 atom stereocenters. The molecular weight excluding hydrogens is 399 g/mol. The van der Waals surface area contributed by atoms with Crippen molar-refractivity contribution in [3.05, 3.63) is 35.8 Å². The number of hydrogen-bond acceptors (Lipinski definition) is 5. The van der Waals surface area contributed by atoms with Crippen LogP contribution in [0.2, 0.25) is 0 Å². The number of rotatable bonds is 3. The smallest absolute Gasteiger partial charge is 0.452 e. The Morgan fingerprint density at radius 1 is 1.04 bits per heavy atom. The molecule has 0 N–H and O–H groups in total. The Labute approximate surface area is 152 Å². The van der Waals surface area contributed by atoms with E-state index < -0.39 is 36.0 Å². The lowest BCUT2D eigenvalue weighted by atomic mass is 10.1. The molecule has 6 nitrogen and oxygen atoms in total. The van der Waals surface area contributed by atoms with Gasteiger partial charge >= 0.3 is 12.4 Å². The topological polar surface area (TPSA) is 65.2 Å². The third-order valence-electron chi connectivity index (χ3n) is 3.76. The Morgan fingerprint density at radius 3 is 2.29 bits per heavy atom. The molecule has 0 bridgehead atoms. The van der Waals surface area contributed by atoms with Crippen LogP contribution in [-0.2, 0) is 6.18 Å². The molecule has 0 saturated heterocycles. The molecule has 0 radical (unpaired) electrons. The largest absolute Gasteiger partial charge is 0.463 e. The number of pyridine rings is 1. The van der Waals surface area contributed by atoms with Crippen LogP contribution in [0.4, 0.5) is 30.7 Å². The average molecular weight is 409 g/mol. The Kier molecular flexibility index (Phi) is 4.63. The van der Waals surface area contributed by atoms with Crippen molar-refractivity contribution in [3.63, 3.8) is 0 Å². The summed E-state index contributed by atoms with van der Waals surface area (Å²) in [4.78, 5) is 7.41. The molecule has 3 rings (SSSR count). The molecular formula is C15H10F7N5O. The minimum atomic E-state index is -4.79. The molecule has 0 aliphatic carbocycles. The fourth-order valence-electron chi connectivity index (χ4n) is 2.38. The number of ether oxygens (including phenoxy) is 1. The van der Waals surface area contributed by atoms with Crippen LogP contribution in [0.1, 0.15) is 18.4 Å². The Morgan fingerprint density at radius 2 is 1.71 bits per heavy atom. The lowest BCUT2D eigenvalue weighted by Crippen LogP contribution is -2.31. The van der Waals surface area contributed by atoms with Crippen LogP contribution in [0.5, 0.6) is 5.88 Å². The summed E-state index contributed by atoms with van der Waals surface area (Å²) in [6, 6.07) is 0.768. The van der Waals surface area contributed by atoms with E-state index >= 15 is 0 Å². The van der Waals surface area contributed by atoms with E-state index in [0.717, 1.165) is 18.5 Å². The summed E-state index contributed by atoms with van der Waals surface area (Å²) < 4.78 is 96.1. The van der Waals surface area contributed by atoms with Crippen LogP contribution >= 0.6 is 0 Å². The first-order valence-electron chi connectivity index (χ1n) is 7.57. The second-order valence-corrected chi connectivity index (χ2v) is 5.72. The van der Waals surface area contributed by atoms with Crippen molar-refractivity contribution >= 4 is 5.65 Å². The predicted octanol–water partition coefficient (Wildman–Crippen LogP) is 3.98. The van der Waals surface area contributed by atoms with Crippen molar-refractivity contribution in [2.45, 2.75) is 32.3 Å². The predicted molar refractivity (Wildman–Crippen MR) is 79.9 cm³/mol. The van der Waals surface area contributed by atoms with Crippen molar-refractivity contribution in [1.82, 2.24) is 24.6 Å². The van der Waals surface area contributed by atoms with Gasteiger partial charge in [0.25, 0.3) is 5.88 Å². The van der Waals surface area contributed by atoms with E-state index in [2.05, 4.69) is 24.9 Å². The molecule has 3 aromatic rings. The molecule has 0 spiro atoms. The van der Waals surface area contributed by atoms with E-state index in [1.165, 1.54) is 6.92 Å². The number of alkyl halides is 6. The number of halogens is 7. The molecule has 0 aromatic carbocycles. The van der Waals surface area contributed by atoms with Crippen LogP contribution in [0, 0.1) is 12.7 Å². The Bertz CT molecular complexity index is 1030. The monoisotopic (exact) mass is 409 g/mol. The first-order valence-corrected chi connectivity index (χ1v) is 7.57. The number of fused-ring (bicyclic) bond motifs is 1. The van der Waals surface area contributed by atoms with Crippen molar-refractivity contribution in [1.29, 1.82) is 0 Å². The first-order chi connectivity index (χ1) is 12.9. The summed E-state index contributed by atoms with van der Waals surface area (Å²) in [6.45, 7) is 1.96. The van der Waals surface area contributed by atoms with Gasteiger partial charge in [0.05, 0.1) is 11.9 Å². The molecule has 0 aliphatic heterocycles. The molecule has 0 fully saturated rings. The van der Waals surface area contributed by atoms with E-state index in [4.69, 9.17) is 0 Å². The van der Waals surface area contributed by atoms with Crippen LogP contribution in [0.25, 0.3) is 16.9 Å². The maximum Gasteiger partial charge on any atom is 0.452 e. The molecule has 0 aliphatic rings. The van der Waals surface area contributed by atoms with Gasteiger partial charge in [-0.3, -0.25) is 9.38 Å². The lowest BCUT2D eigenvalue weighted by molar-refractivity contribution is -0.190. The van der Waals surface area contributed by atoms with Crippen molar-refractivity contribution in [2.24, 2.45) is 0 Å². The summed E-state index contributed by atoms with van der Waals surface area (Å²) in [5.41, 5.74) is -0.389. The molecule has 0 saturated carbocycles. The fourth-order valence-corrected chi connectivity index (χ4v) is 2.38. The zero-order valence-corrected chi connectivity index (χ0v) is 14.1. The summed E-state index contributed by atoms with van der Waals surface area (Å²) in [5.74, 6) is -3.42. The molecule has 0 amide bonds. The molecule has 3 heterocycles. The highest BCUT2D eigenvalue weighted by atomic mass is 19.4. The van der Waals surface area contributed by atoms with E-state index in [1.807, 2.05) is 0 Å². The van der Waals surface area contributed by atoms with Gasteiger partial charge in [0.2, 0.25) is 5.82 Å². The highest BCUT2D eigenvalue weighted by molar-refractivity contribution is 5.63. The summed E-state index contributed by atoms with van der Waals surface area (Å²) >= 11 is 0. The van der Waals surface area contributed by atoms with Gasteiger partial charge in [-0.25, -0.2) is 9.37 Å². The van der Waals surface area contributed by atoms with E-state index in [1.54, 1.807) is 0 Å². The minimum Gasteiger partial charge on any atom is -0.463 e. The number of aryl methyl sites for hydroxylation is 1. The van der Waals surface area contributed by atoms with Crippen LogP contribution in [0.3, 0.4) is 0 Å². The number of nitrogens with zero attached hydrogens (tertiary/aromatic N) is 5. The standard InChI is InChI=1S/C15H10F7N5O/c1-6-11(23-5-10-25-26-13(27(6)10)15(20,21)22)8-3-9(16)12(24-4-8)28-7(2)14(17,18)19/h3-5,7H,1-2H3/t7-/m1/s1. The lowest BCUT2D eigenvalue weighted by Gasteiger charge is -2.17. The molecule has 13 heteroatoms. The highest BCUT2D eigenvalue weighted by Gasteiger charge is 2.39.